The van der Waals surface area contributed by atoms with Crippen LogP contribution in [0.1, 0.15) is 17.0 Å². The molecular formula is C17H12N4O. The lowest BCUT2D eigenvalue weighted by Crippen LogP contribution is -2.20. The molecule has 0 atom stereocenters. The van der Waals surface area contributed by atoms with Crippen molar-refractivity contribution in [2.45, 2.75) is 6.92 Å². The zero-order valence-corrected chi connectivity index (χ0v) is 11.9. The summed E-state index contributed by atoms with van der Waals surface area (Å²) in [6.45, 7) is 1.74. The molecular weight excluding hydrogens is 276 g/mol. The fraction of sp³-hybridized carbons (Fsp3) is 0.0588. The molecule has 0 amide bonds. The van der Waals surface area contributed by atoms with E-state index in [2.05, 4.69) is 16.2 Å². The van der Waals surface area contributed by atoms with Gasteiger partial charge in [0.2, 0.25) is 0 Å². The fourth-order valence-corrected chi connectivity index (χ4v) is 2.14. The van der Waals surface area contributed by atoms with Crippen molar-refractivity contribution < 1.29 is 0 Å². The standard InChI is InChI=1S/C17H12N4O/c1-12-20-16-5-3-2-4-15(16)17(22)21(12)19-11-14-8-6-13(10-18)7-9-14/h2-9,11H,1H3/b19-11-. The molecule has 2 aromatic carbocycles. The summed E-state index contributed by atoms with van der Waals surface area (Å²) in [5.41, 5.74) is 1.85. The summed E-state index contributed by atoms with van der Waals surface area (Å²) in [5, 5.41) is 13.5. The molecule has 0 saturated carbocycles. The van der Waals surface area contributed by atoms with Crippen LogP contribution in [0.5, 0.6) is 0 Å². The number of nitriles is 1. The zero-order valence-electron chi connectivity index (χ0n) is 11.9. The van der Waals surface area contributed by atoms with Gasteiger partial charge in [0.25, 0.3) is 5.56 Å². The molecule has 0 aliphatic carbocycles. The van der Waals surface area contributed by atoms with E-state index in [1.54, 1.807) is 55.6 Å². The monoisotopic (exact) mass is 288 g/mol. The Kier molecular flexibility index (Phi) is 3.50. The minimum atomic E-state index is -0.201. The maximum atomic E-state index is 12.4. The molecule has 0 aliphatic rings. The highest BCUT2D eigenvalue weighted by Gasteiger charge is 2.06. The SMILES string of the molecule is Cc1nc2ccccc2c(=O)n1/N=C\c1ccc(C#N)cc1. The third-order valence-corrected chi connectivity index (χ3v) is 3.28. The molecule has 0 bridgehead atoms. The molecule has 5 heteroatoms. The van der Waals surface area contributed by atoms with E-state index in [1.165, 1.54) is 4.68 Å². The van der Waals surface area contributed by atoms with Crippen LogP contribution in [0, 0.1) is 18.3 Å². The predicted octanol–water partition coefficient (Wildman–Crippen LogP) is 2.46. The molecule has 3 rings (SSSR count). The molecule has 0 N–H and O–H groups in total. The number of nitrogens with zero attached hydrogens (tertiary/aromatic N) is 4. The molecule has 0 unspecified atom stereocenters. The Hall–Kier alpha value is -3.26. The average molecular weight is 288 g/mol. The number of benzene rings is 2. The first kappa shape index (κ1) is 13.7. The van der Waals surface area contributed by atoms with Crippen LogP contribution in [0.25, 0.3) is 10.9 Å². The molecule has 0 spiro atoms. The molecule has 106 valence electrons. The van der Waals surface area contributed by atoms with Crippen molar-refractivity contribution in [2.24, 2.45) is 5.10 Å². The van der Waals surface area contributed by atoms with Crippen LogP contribution in [0.3, 0.4) is 0 Å². The molecule has 22 heavy (non-hydrogen) atoms. The lowest BCUT2D eigenvalue weighted by atomic mass is 10.2. The number of hydrogen-bond donors (Lipinski definition) is 0. The van der Waals surface area contributed by atoms with E-state index in [-0.39, 0.29) is 5.56 Å². The van der Waals surface area contributed by atoms with Gasteiger partial charge in [0.1, 0.15) is 5.82 Å². The minimum absolute atomic E-state index is 0.201. The van der Waals surface area contributed by atoms with Crippen LogP contribution in [-0.4, -0.2) is 15.9 Å². The van der Waals surface area contributed by atoms with Crippen LogP contribution in [0.4, 0.5) is 0 Å². The van der Waals surface area contributed by atoms with Gasteiger partial charge in [-0.15, -0.1) is 0 Å². The van der Waals surface area contributed by atoms with E-state index in [0.717, 1.165) is 5.56 Å². The second kappa shape index (κ2) is 5.62. The first-order valence-corrected chi connectivity index (χ1v) is 6.72. The van der Waals surface area contributed by atoms with Crippen molar-refractivity contribution in [3.05, 3.63) is 75.8 Å². The molecule has 0 saturated heterocycles. The molecule has 1 aromatic heterocycles. The van der Waals surface area contributed by atoms with E-state index < -0.39 is 0 Å². The van der Waals surface area contributed by atoms with Crippen LogP contribution in [0.2, 0.25) is 0 Å². The fourth-order valence-electron chi connectivity index (χ4n) is 2.14. The lowest BCUT2D eigenvalue weighted by molar-refractivity contribution is 0.771. The van der Waals surface area contributed by atoms with Gasteiger partial charge in [-0.3, -0.25) is 4.79 Å². The summed E-state index contributed by atoms with van der Waals surface area (Å²) in [4.78, 5) is 16.8. The van der Waals surface area contributed by atoms with Crippen molar-refractivity contribution in [2.75, 3.05) is 0 Å². The van der Waals surface area contributed by atoms with Crippen molar-refractivity contribution in [1.82, 2.24) is 9.66 Å². The van der Waals surface area contributed by atoms with Crippen molar-refractivity contribution >= 4 is 17.1 Å². The van der Waals surface area contributed by atoms with E-state index >= 15 is 0 Å². The highest BCUT2D eigenvalue weighted by molar-refractivity contribution is 5.80. The van der Waals surface area contributed by atoms with Crippen molar-refractivity contribution in [3.63, 3.8) is 0 Å². The van der Waals surface area contributed by atoms with Crippen molar-refractivity contribution in [1.29, 1.82) is 5.26 Å². The molecule has 3 aromatic rings. The summed E-state index contributed by atoms with van der Waals surface area (Å²) >= 11 is 0. The van der Waals surface area contributed by atoms with Crippen molar-refractivity contribution in [3.8, 4) is 6.07 Å². The molecule has 0 fully saturated rings. The highest BCUT2D eigenvalue weighted by Crippen LogP contribution is 2.07. The minimum Gasteiger partial charge on any atom is -0.267 e. The van der Waals surface area contributed by atoms with Gasteiger partial charge in [0, 0.05) is 0 Å². The Labute approximate surface area is 126 Å². The Morgan fingerprint density at radius 1 is 1.18 bits per heavy atom. The van der Waals surface area contributed by atoms with Gasteiger partial charge >= 0.3 is 0 Å². The van der Waals surface area contributed by atoms with Gasteiger partial charge in [0.15, 0.2) is 0 Å². The quantitative estimate of drug-likeness (QED) is 0.680. The van der Waals surface area contributed by atoms with Gasteiger partial charge in [-0.05, 0) is 36.8 Å². The maximum absolute atomic E-state index is 12.4. The second-order valence-electron chi connectivity index (χ2n) is 4.77. The summed E-state index contributed by atoms with van der Waals surface area (Å²) in [6.07, 6.45) is 1.58. The van der Waals surface area contributed by atoms with Crippen LogP contribution < -0.4 is 5.56 Å². The number of fused-ring (bicyclic) bond motifs is 1. The third kappa shape index (κ3) is 2.50. The third-order valence-electron chi connectivity index (χ3n) is 3.28. The second-order valence-corrected chi connectivity index (χ2v) is 4.77. The van der Waals surface area contributed by atoms with Gasteiger partial charge in [0.05, 0.1) is 28.8 Å². The van der Waals surface area contributed by atoms with Crippen LogP contribution >= 0.6 is 0 Å². The predicted molar refractivity (Wildman–Crippen MR) is 84.9 cm³/mol. The zero-order chi connectivity index (χ0) is 15.5. The Morgan fingerprint density at radius 2 is 1.91 bits per heavy atom. The van der Waals surface area contributed by atoms with E-state index in [0.29, 0.717) is 22.3 Å². The number of hydrogen-bond acceptors (Lipinski definition) is 4. The van der Waals surface area contributed by atoms with Crippen LogP contribution in [-0.2, 0) is 0 Å². The molecule has 5 nitrogen and oxygen atoms in total. The first-order valence-electron chi connectivity index (χ1n) is 6.72. The summed E-state index contributed by atoms with van der Waals surface area (Å²) in [7, 11) is 0. The van der Waals surface area contributed by atoms with Crippen LogP contribution in [0.15, 0.2) is 58.4 Å². The summed E-state index contributed by atoms with van der Waals surface area (Å²) in [5.74, 6) is 0.522. The van der Waals surface area contributed by atoms with E-state index in [4.69, 9.17) is 5.26 Å². The maximum Gasteiger partial charge on any atom is 0.282 e. The van der Waals surface area contributed by atoms with E-state index in [1.807, 2.05) is 6.07 Å². The first-order chi connectivity index (χ1) is 10.7. The van der Waals surface area contributed by atoms with Gasteiger partial charge in [-0.2, -0.15) is 15.0 Å². The Morgan fingerprint density at radius 3 is 2.64 bits per heavy atom. The summed E-state index contributed by atoms with van der Waals surface area (Å²) < 4.78 is 1.28. The molecule has 0 aliphatic heterocycles. The van der Waals surface area contributed by atoms with Gasteiger partial charge < -0.3 is 0 Å². The molecule has 1 heterocycles. The van der Waals surface area contributed by atoms with E-state index in [9.17, 15) is 4.79 Å². The highest BCUT2D eigenvalue weighted by atomic mass is 16.1. The molecule has 0 radical (unpaired) electrons. The van der Waals surface area contributed by atoms with Gasteiger partial charge in [-0.1, -0.05) is 24.3 Å². The normalized spacial score (nSPS) is 10.9. The average Bonchev–Trinajstić information content (AvgIpc) is 2.55. The number of aromatic nitrogens is 2. The van der Waals surface area contributed by atoms with Gasteiger partial charge in [-0.25, -0.2) is 4.98 Å². The topological polar surface area (TPSA) is 71.0 Å². The number of aryl methyl sites for hydroxylation is 1. The Balaban J connectivity index is 2.04. The lowest BCUT2D eigenvalue weighted by Gasteiger charge is -2.05. The number of rotatable bonds is 2. The number of para-hydroxylation sites is 1. The summed E-state index contributed by atoms with van der Waals surface area (Å²) in [6, 6.07) is 16.2. The Bertz CT molecular complexity index is 963. The largest absolute Gasteiger partial charge is 0.282 e. The smallest absolute Gasteiger partial charge is 0.267 e.